The minimum atomic E-state index is -0.332. The molecule has 0 spiro atoms. The third-order valence-electron chi connectivity index (χ3n) is 5.72. The van der Waals surface area contributed by atoms with Crippen LogP contribution in [0, 0.1) is 11.7 Å². The zero-order valence-electron chi connectivity index (χ0n) is 17.3. The van der Waals surface area contributed by atoms with Crippen molar-refractivity contribution in [1.29, 1.82) is 0 Å². The van der Waals surface area contributed by atoms with Gasteiger partial charge in [-0.05, 0) is 87.8 Å². The highest BCUT2D eigenvalue weighted by molar-refractivity contribution is 5.99. The molecule has 0 amide bonds. The van der Waals surface area contributed by atoms with Gasteiger partial charge in [-0.15, -0.1) is 0 Å². The first-order chi connectivity index (χ1) is 14.5. The number of carbonyl (C=O) groups is 2. The van der Waals surface area contributed by atoms with Crippen molar-refractivity contribution in [2.24, 2.45) is 5.92 Å². The van der Waals surface area contributed by atoms with Crippen molar-refractivity contribution in [2.45, 2.75) is 32.1 Å². The van der Waals surface area contributed by atoms with E-state index in [4.69, 9.17) is 4.74 Å². The number of methoxy groups -OCH3 is 1. The number of rotatable bonds is 9. The third kappa shape index (κ3) is 5.66. The molecular formula is C24H28FNO4. The van der Waals surface area contributed by atoms with Crippen molar-refractivity contribution in [3.63, 3.8) is 0 Å². The fraction of sp³-hybridized carbons (Fsp3) is 0.417. The highest BCUT2D eigenvalue weighted by Crippen LogP contribution is 2.25. The van der Waals surface area contributed by atoms with Gasteiger partial charge in [0, 0.05) is 17.9 Å². The van der Waals surface area contributed by atoms with E-state index in [1.165, 1.54) is 25.3 Å². The summed E-state index contributed by atoms with van der Waals surface area (Å²) in [5, 5.41) is 9.90. The predicted octanol–water partition coefficient (Wildman–Crippen LogP) is 4.49. The van der Waals surface area contributed by atoms with Crippen molar-refractivity contribution in [3.05, 3.63) is 59.4 Å². The van der Waals surface area contributed by atoms with E-state index in [9.17, 15) is 19.1 Å². The summed E-state index contributed by atoms with van der Waals surface area (Å²) in [4.78, 5) is 27.2. The van der Waals surface area contributed by atoms with Gasteiger partial charge in [0.2, 0.25) is 0 Å². The number of Topliss-reactive ketones (excluding diaryl/α,β-unsaturated/α-hetero) is 2. The standard InChI is InChI=1S/C24H28FNO4/c1-30-20-9-10-23(28)21(16-20)22(27)4-2-3-13-26-14-11-18(12-15-26)24(29)17-5-7-19(25)8-6-17/h5-10,16,18,28H,2-4,11-15H2,1H3. The molecule has 160 valence electrons. The molecule has 1 fully saturated rings. The van der Waals surface area contributed by atoms with Gasteiger partial charge in [0.25, 0.3) is 0 Å². The summed E-state index contributed by atoms with van der Waals surface area (Å²) >= 11 is 0. The second-order valence-corrected chi connectivity index (χ2v) is 7.75. The Morgan fingerprint density at radius 1 is 1.10 bits per heavy atom. The van der Waals surface area contributed by atoms with Crippen LogP contribution in [0.1, 0.15) is 52.8 Å². The monoisotopic (exact) mass is 413 g/mol. The van der Waals surface area contributed by atoms with E-state index in [-0.39, 0.29) is 29.1 Å². The van der Waals surface area contributed by atoms with Crippen LogP contribution in [0.15, 0.2) is 42.5 Å². The summed E-state index contributed by atoms with van der Waals surface area (Å²) in [7, 11) is 1.52. The molecule has 2 aromatic rings. The summed E-state index contributed by atoms with van der Waals surface area (Å²) in [5.41, 5.74) is 0.878. The topological polar surface area (TPSA) is 66.8 Å². The molecule has 6 heteroatoms. The van der Waals surface area contributed by atoms with Crippen LogP contribution in [-0.2, 0) is 0 Å². The maximum atomic E-state index is 13.0. The summed E-state index contributed by atoms with van der Waals surface area (Å²) < 4.78 is 18.1. The lowest BCUT2D eigenvalue weighted by atomic mass is 9.89. The molecule has 0 radical (unpaired) electrons. The van der Waals surface area contributed by atoms with Crippen molar-refractivity contribution < 1.29 is 23.8 Å². The van der Waals surface area contributed by atoms with E-state index in [0.717, 1.165) is 45.3 Å². The van der Waals surface area contributed by atoms with E-state index < -0.39 is 0 Å². The Balaban J connectivity index is 1.38. The van der Waals surface area contributed by atoms with Gasteiger partial charge in [-0.25, -0.2) is 4.39 Å². The molecule has 1 saturated heterocycles. The Kier molecular flexibility index (Phi) is 7.57. The number of carbonyl (C=O) groups excluding carboxylic acids is 2. The van der Waals surface area contributed by atoms with E-state index in [2.05, 4.69) is 4.90 Å². The number of ether oxygens (including phenoxy) is 1. The molecule has 0 saturated carbocycles. The van der Waals surface area contributed by atoms with Crippen LogP contribution in [0.3, 0.4) is 0 Å². The molecule has 1 N–H and O–H groups in total. The predicted molar refractivity (Wildman–Crippen MR) is 113 cm³/mol. The molecule has 3 rings (SSSR count). The first kappa shape index (κ1) is 22.0. The Bertz CT molecular complexity index is 873. The van der Waals surface area contributed by atoms with Crippen LogP contribution in [0.25, 0.3) is 0 Å². The number of unbranched alkanes of at least 4 members (excludes halogenated alkanes) is 1. The molecule has 5 nitrogen and oxygen atoms in total. The van der Waals surface area contributed by atoms with E-state index in [1.54, 1.807) is 24.3 Å². The van der Waals surface area contributed by atoms with Crippen LogP contribution in [-0.4, -0.2) is 48.3 Å². The lowest BCUT2D eigenvalue weighted by Crippen LogP contribution is -2.37. The number of benzene rings is 2. The maximum Gasteiger partial charge on any atom is 0.166 e. The SMILES string of the molecule is COc1ccc(O)c(C(=O)CCCCN2CCC(C(=O)c3ccc(F)cc3)CC2)c1. The van der Waals surface area contributed by atoms with Crippen LogP contribution in [0.5, 0.6) is 11.5 Å². The number of aromatic hydroxyl groups is 1. The molecule has 1 aliphatic heterocycles. The summed E-state index contributed by atoms with van der Waals surface area (Å²) in [6.07, 6.45) is 3.59. The van der Waals surface area contributed by atoms with E-state index in [1.807, 2.05) is 0 Å². The quantitative estimate of drug-likeness (QED) is 0.485. The molecule has 0 aliphatic carbocycles. The van der Waals surface area contributed by atoms with Crippen LogP contribution < -0.4 is 4.74 Å². The second kappa shape index (κ2) is 10.3. The van der Waals surface area contributed by atoms with Crippen molar-refractivity contribution >= 4 is 11.6 Å². The van der Waals surface area contributed by atoms with Gasteiger partial charge < -0.3 is 14.7 Å². The lowest BCUT2D eigenvalue weighted by molar-refractivity contribution is 0.0836. The fourth-order valence-electron chi connectivity index (χ4n) is 3.89. The Hall–Kier alpha value is -2.73. The van der Waals surface area contributed by atoms with Gasteiger partial charge >= 0.3 is 0 Å². The normalized spacial score (nSPS) is 15.1. The van der Waals surface area contributed by atoms with Gasteiger partial charge in [0.15, 0.2) is 11.6 Å². The number of piperidine rings is 1. The van der Waals surface area contributed by atoms with Gasteiger partial charge in [-0.1, -0.05) is 0 Å². The summed E-state index contributed by atoms with van der Waals surface area (Å²) in [6, 6.07) is 10.4. The number of hydrogen-bond acceptors (Lipinski definition) is 5. The van der Waals surface area contributed by atoms with Crippen molar-refractivity contribution in [2.75, 3.05) is 26.7 Å². The van der Waals surface area contributed by atoms with Gasteiger partial charge in [0.1, 0.15) is 17.3 Å². The Morgan fingerprint density at radius 3 is 2.47 bits per heavy atom. The number of phenolic OH excluding ortho intramolecular Hbond substituents is 1. The van der Waals surface area contributed by atoms with Crippen molar-refractivity contribution in [1.82, 2.24) is 4.90 Å². The molecule has 0 atom stereocenters. The molecule has 30 heavy (non-hydrogen) atoms. The zero-order valence-corrected chi connectivity index (χ0v) is 17.3. The third-order valence-corrected chi connectivity index (χ3v) is 5.72. The molecule has 0 unspecified atom stereocenters. The number of halogens is 1. The summed E-state index contributed by atoms with van der Waals surface area (Å²) in [5.74, 6) is 0.196. The van der Waals surface area contributed by atoms with Crippen LogP contribution in [0.4, 0.5) is 4.39 Å². The zero-order chi connectivity index (χ0) is 21.5. The minimum absolute atomic E-state index is 0.00988. The molecule has 1 aliphatic rings. The Morgan fingerprint density at radius 2 is 1.80 bits per heavy atom. The molecule has 2 aromatic carbocycles. The highest BCUT2D eigenvalue weighted by atomic mass is 19.1. The highest BCUT2D eigenvalue weighted by Gasteiger charge is 2.25. The molecule has 0 aromatic heterocycles. The number of nitrogens with zero attached hydrogens (tertiary/aromatic N) is 1. The first-order valence-corrected chi connectivity index (χ1v) is 10.4. The van der Waals surface area contributed by atoms with E-state index in [0.29, 0.717) is 23.3 Å². The fourth-order valence-corrected chi connectivity index (χ4v) is 3.89. The average Bonchev–Trinajstić information content (AvgIpc) is 2.77. The number of ketones is 2. The number of likely N-dealkylation sites (tertiary alicyclic amines) is 1. The molecule has 1 heterocycles. The molecular weight excluding hydrogens is 385 g/mol. The largest absolute Gasteiger partial charge is 0.507 e. The van der Waals surface area contributed by atoms with Crippen molar-refractivity contribution in [3.8, 4) is 11.5 Å². The van der Waals surface area contributed by atoms with Crippen LogP contribution in [0.2, 0.25) is 0 Å². The smallest absolute Gasteiger partial charge is 0.166 e. The molecule has 0 bridgehead atoms. The van der Waals surface area contributed by atoms with E-state index >= 15 is 0 Å². The Labute approximate surface area is 176 Å². The van der Waals surface area contributed by atoms with Gasteiger partial charge in [-0.2, -0.15) is 0 Å². The van der Waals surface area contributed by atoms with Gasteiger partial charge in [0.05, 0.1) is 12.7 Å². The van der Waals surface area contributed by atoms with Gasteiger partial charge in [-0.3, -0.25) is 9.59 Å². The lowest BCUT2D eigenvalue weighted by Gasteiger charge is -2.31. The minimum Gasteiger partial charge on any atom is -0.507 e. The number of phenols is 1. The number of hydrogen-bond donors (Lipinski definition) is 1. The first-order valence-electron chi connectivity index (χ1n) is 10.4. The van der Waals surface area contributed by atoms with Crippen LogP contribution >= 0.6 is 0 Å². The second-order valence-electron chi connectivity index (χ2n) is 7.75. The maximum absolute atomic E-state index is 13.0. The average molecular weight is 413 g/mol. The summed E-state index contributed by atoms with van der Waals surface area (Å²) in [6.45, 7) is 2.58.